The molecule has 2 atom stereocenters. The van der Waals surface area contributed by atoms with Crippen LogP contribution in [0.5, 0.6) is 0 Å². The summed E-state index contributed by atoms with van der Waals surface area (Å²) in [4.78, 5) is 15.3. The minimum absolute atomic E-state index is 0.0292. The molecule has 0 N–H and O–H groups in total. The molecule has 0 fully saturated rings. The molecular weight excluding hydrogens is 302 g/mol. The monoisotopic (exact) mass is 331 g/mol. The van der Waals surface area contributed by atoms with Crippen LogP contribution in [0.1, 0.15) is 49.3 Å². The predicted molar refractivity (Wildman–Crippen MR) is 93.8 cm³/mol. The van der Waals surface area contributed by atoms with Gasteiger partial charge < -0.3 is 9.64 Å². The summed E-state index contributed by atoms with van der Waals surface area (Å²) >= 11 is 0. The van der Waals surface area contributed by atoms with Crippen molar-refractivity contribution in [3.63, 3.8) is 0 Å². The first-order valence-corrected chi connectivity index (χ1v) is 9.14. The fraction of sp³-hybridized carbons (Fsp3) is 0.684. The normalized spacial score (nSPS) is 23.1. The molecule has 0 saturated carbocycles. The molecule has 0 spiro atoms. The molecule has 0 radical (unpaired) electrons. The molecule has 0 saturated heterocycles. The van der Waals surface area contributed by atoms with E-state index in [1.165, 1.54) is 6.42 Å². The van der Waals surface area contributed by atoms with Crippen molar-refractivity contribution in [3.8, 4) is 0 Å². The zero-order valence-corrected chi connectivity index (χ0v) is 14.9. The second-order valence-corrected chi connectivity index (χ2v) is 7.08. The Labute approximate surface area is 144 Å². The Morgan fingerprint density at radius 3 is 3.04 bits per heavy atom. The number of hydrogen-bond acceptors (Lipinski definition) is 3. The molecule has 5 heteroatoms. The van der Waals surface area contributed by atoms with E-state index in [-0.39, 0.29) is 11.8 Å². The Morgan fingerprint density at radius 1 is 1.42 bits per heavy atom. The van der Waals surface area contributed by atoms with Crippen LogP contribution in [0.15, 0.2) is 18.3 Å². The van der Waals surface area contributed by atoms with Crippen LogP contribution in [0, 0.1) is 5.92 Å². The van der Waals surface area contributed by atoms with Crippen LogP contribution in [0.25, 0.3) is 0 Å². The predicted octanol–water partition coefficient (Wildman–Crippen LogP) is 2.67. The third-order valence-electron chi connectivity index (χ3n) is 5.25. The molecule has 132 valence electrons. The smallest absolute Gasteiger partial charge is 0.230 e. The summed E-state index contributed by atoms with van der Waals surface area (Å²) in [5, 5.41) is 4.53. The number of carbonyl (C=O) groups is 1. The first-order valence-electron chi connectivity index (χ1n) is 9.14. The van der Waals surface area contributed by atoms with E-state index in [0.29, 0.717) is 19.1 Å². The Morgan fingerprint density at radius 2 is 2.29 bits per heavy atom. The quantitative estimate of drug-likeness (QED) is 0.753. The van der Waals surface area contributed by atoms with E-state index in [1.54, 1.807) is 7.11 Å². The minimum Gasteiger partial charge on any atom is -0.383 e. The number of nitrogens with zero attached hydrogens (tertiary/aromatic N) is 3. The molecule has 3 rings (SSSR count). The third-order valence-corrected chi connectivity index (χ3v) is 5.25. The zero-order chi connectivity index (χ0) is 16.9. The molecule has 2 aliphatic carbocycles. The van der Waals surface area contributed by atoms with Crippen LogP contribution in [0.3, 0.4) is 0 Å². The lowest BCUT2D eigenvalue weighted by Crippen LogP contribution is -2.41. The van der Waals surface area contributed by atoms with Crippen molar-refractivity contribution in [2.45, 2.75) is 44.4 Å². The lowest BCUT2D eigenvalue weighted by Gasteiger charge is -2.32. The van der Waals surface area contributed by atoms with Crippen LogP contribution >= 0.6 is 0 Å². The zero-order valence-electron chi connectivity index (χ0n) is 14.9. The van der Waals surface area contributed by atoms with Gasteiger partial charge in [-0.3, -0.25) is 9.48 Å². The lowest BCUT2D eigenvalue weighted by molar-refractivity contribution is -0.134. The maximum atomic E-state index is 13.3. The maximum absolute atomic E-state index is 13.3. The van der Waals surface area contributed by atoms with Crippen LogP contribution in [-0.4, -0.2) is 47.4 Å². The first-order chi connectivity index (χ1) is 11.7. The van der Waals surface area contributed by atoms with Gasteiger partial charge in [-0.15, -0.1) is 0 Å². The number of rotatable bonds is 6. The molecule has 2 aliphatic rings. The van der Waals surface area contributed by atoms with Gasteiger partial charge in [-0.05, 0) is 44.4 Å². The standard InChI is InChI=1S/C19H29N3O2/c1-21-14-17-16(9-6-10-18(17)20-21)19(23)22(11-12-24-2)13-15-7-4-3-5-8-15/h3-4,14-16H,5-13H2,1-2H3/t15-,16+/m0/s1. The molecule has 1 amide bonds. The average molecular weight is 331 g/mol. The number of aromatic nitrogens is 2. The van der Waals surface area contributed by atoms with Gasteiger partial charge in [0.1, 0.15) is 0 Å². The van der Waals surface area contributed by atoms with Crippen molar-refractivity contribution < 1.29 is 9.53 Å². The number of amides is 1. The SMILES string of the molecule is COCCN(C[C@H]1CC=CCC1)C(=O)[C@@H]1CCCc2nn(C)cc21. The maximum Gasteiger partial charge on any atom is 0.230 e. The molecule has 24 heavy (non-hydrogen) atoms. The van der Waals surface area contributed by atoms with Crippen LogP contribution in [-0.2, 0) is 23.0 Å². The average Bonchev–Trinajstić information content (AvgIpc) is 2.99. The number of methoxy groups -OCH3 is 1. The number of carbonyl (C=O) groups excluding carboxylic acids is 1. The molecule has 0 aromatic carbocycles. The second kappa shape index (κ2) is 7.97. The van der Waals surface area contributed by atoms with Crippen molar-refractivity contribution in [2.75, 3.05) is 26.8 Å². The van der Waals surface area contributed by atoms with Crippen molar-refractivity contribution in [3.05, 3.63) is 29.6 Å². The van der Waals surface area contributed by atoms with Gasteiger partial charge in [0, 0.05) is 39.0 Å². The largest absolute Gasteiger partial charge is 0.383 e. The highest BCUT2D eigenvalue weighted by molar-refractivity contribution is 5.84. The van der Waals surface area contributed by atoms with Gasteiger partial charge in [0.15, 0.2) is 0 Å². The first kappa shape index (κ1) is 17.2. The van der Waals surface area contributed by atoms with Crippen molar-refractivity contribution in [1.82, 2.24) is 14.7 Å². The lowest BCUT2D eigenvalue weighted by atomic mass is 9.85. The summed E-state index contributed by atoms with van der Waals surface area (Å²) in [5.41, 5.74) is 2.24. The summed E-state index contributed by atoms with van der Waals surface area (Å²) in [6, 6.07) is 0. The van der Waals surface area contributed by atoms with Crippen LogP contribution in [0.2, 0.25) is 0 Å². The van der Waals surface area contributed by atoms with E-state index >= 15 is 0 Å². The highest BCUT2D eigenvalue weighted by Crippen LogP contribution is 2.33. The second-order valence-electron chi connectivity index (χ2n) is 7.08. The number of allylic oxidation sites excluding steroid dienone is 2. The molecule has 0 aliphatic heterocycles. The van der Waals surface area contributed by atoms with Gasteiger partial charge in [-0.25, -0.2) is 0 Å². The van der Waals surface area contributed by atoms with E-state index in [4.69, 9.17) is 4.74 Å². The summed E-state index contributed by atoms with van der Waals surface area (Å²) in [7, 11) is 3.64. The molecule has 0 bridgehead atoms. The molecular formula is C19H29N3O2. The molecule has 1 aromatic rings. The van der Waals surface area contributed by atoms with Crippen molar-refractivity contribution in [2.24, 2.45) is 13.0 Å². The van der Waals surface area contributed by atoms with E-state index in [9.17, 15) is 4.79 Å². The Balaban J connectivity index is 1.74. The third kappa shape index (κ3) is 3.89. The molecule has 1 heterocycles. The molecule has 5 nitrogen and oxygen atoms in total. The summed E-state index contributed by atoms with van der Waals surface area (Å²) in [5.74, 6) is 0.807. The number of fused-ring (bicyclic) bond motifs is 1. The highest BCUT2D eigenvalue weighted by Gasteiger charge is 2.32. The topological polar surface area (TPSA) is 47.4 Å². The summed E-state index contributed by atoms with van der Waals surface area (Å²) in [6.45, 7) is 2.13. The summed E-state index contributed by atoms with van der Waals surface area (Å²) < 4.78 is 7.10. The van der Waals surface area contributed by atoms with Gasteiger partial charge in [-0.1, -0.05) is 12.2 Å². The van der Waals surface area contributed by atoms with Crippen LogP contribution < -0.4 is 0 Å². The minimum atomic E-state index is -0.0292. The Kier molecular flexibility index (Phi) is 5.72. The van der Waals surface area contributed by atoms with Crippen molar-refractivity contribution in [1.29, 1.82) is 0 Å². The Hall–Kier alpha value is -1.62. The van der Waals surface area contributed by atoms with E-state index in [1.807, 2.05) is 22.8 Å². The van der Waals surface area contributed by atoms with Gasteiger partial charge in [-0.2, -0.15) is 5.10 Å². The number of hydrogen-bond donors (Lipinski definition) is 0. The fourth-order valence-corrected chi connectivity index (χ4v) is 3.97. The fourth-order valence-electron chi connectivity index (χ4n) is 3.97. The van der Waals surface area contributed by atoms with E-state index in [0.717, 1.165) is 49.9 Å². The Bertz CT molecular complexity index is 593. The van der Waals surface area contributed by atoms with Gasteiger partial charge >= 0.3 is 0 Å². The highest BCUT2D eigenvalue weighted by atomic mass is 16.5. The molecule has 1 aromatic heterocycles. The summed E-state index contributed by atoms with van der Waals surface area (Å²) in [6.07, 6.45) is 12.9. The van der Waals surface area contributed by atoms with Crippen LogP contribution in [0.4, 0.5) is 0 Å². The van der Waals surface area contributed by atoms with E-state index < -0.39 is 0 Å². The van der Waals surface area contributed by atoms with Gasteiger partial charge in [0.2, 0.25) is 5.91 Å². The number of ether oxygens (including phenoxy) is 1. The van der Waals surface area contributed by atoms with Gasteiger partial charge in [0.25, 0.3) is 0 Å². The number of aryl methyl sites for hydroxylation is 2. The van der Waals surface area contributed by atoms with Crippen molar-refractivity contribution >= 4 is 5.91 Å². The van der Waals surface area contributed by atoms with Gasteiger partial charge in [0.05, 0.1) is 18.2 Å². The molecule has 0 unspecified atom stereocenters. The van der Waals surface area contributed by atoms with E-state index in [2.05, 4.69) is 17.3 Å².